The number of nitrogens with one attached hydrogen (secondary N) is 1. The zero-order chi connectivity index (χ0) is 20.0. The molecule has 146 valence electrons. The van der Waals surface area contributed by atoms with Crippen LogP contribution in [-0.2, 0) is 0 Å². The van der Waals surface area contributed by atoms with Gasteiger partial charge in [0, 0.05) is 30.2 Å². The molecule has 1 N–H and O–H groups in total. The Kier molecular flexibility index (Phi) is 3.94. The highest BCUT2D eigenvalue weighted by Crippen LogP contribution is 2.30. The molecule has 0 unspecified atom stereocenters. The lowest BCUT2D eigenvalue weighted by molar-refractivity contribution is 0.0778. The second-order valence-electron chi connectivity index (χ2n) is 8.22. The number of hydrogen-bond donors (Lipinski definition) is 1. The average Bonchev–Trinajstić information content (AvgIpc) is 3.46. The van der Waals surface area contributed by atoms with Crippen LogP contribution >= 0.6 is 0 Å². The lowest BCUT2D eigenvalue weighted by Crippen LogP contribution is -2.30. The first kappa shape index (κ1) is 17.5. The molecule has 1 amide bonds. The van der Waals surface area contributed by atoms with Crippen molar-refractivity contribution >= 4 is 16.9 Å². The minimum atomic E-state index is 0.0362. The molecule has 1 aromatic carbocycles. The van der Waals surface area contributed by atoms with Crippen LogP contribution in [0.3, 0.4) is 0 Å². The predicted octanol–water partition coefficient (Wildman–Crippen LogP) is 3.08. The van der Waals surface area contributed by atoms with E-state index in [-0.39, 0.29) is 11.3 Å². The molecule has 0 aliphatic carbocycles. The van der Waals surface area contributed by atoms with Gasteiger partial charge in [0.15, 0.2) is 11.5 Å². The number of carbonyl (C=O) groups excluding carboxylic acids is 1. The summed E-state index contributed by atoms with van der Waals surface area (Å²) in [5, 5.41) is 12.0. The van der Waals surface area contributed by atoms with Crippen LogP contribution in [0, 0.1) is 5.41 Å². The topological polar surface area (TPSA) is 92.6 Å². The van der Waals surface area contributed by atoms with Crippen molar-refractivity contribution in [1.29, 1.82) is 0 Å². The number of likely N-dealkylation sites (tertiary alicyclic amines) is 1. The van der Waals surface area contributed by atoms with Crippen LogP contribution in [0.1, 0.15) is 30.6 Å². The predicted molar refractivity (Wildman–Crippen MR) is 109 cm³/mol. The molecule has 1 aliphatic heterocycles. The van der Waals surface area contributed by atoms with Crippen LogP contribution in [0.25, 0.3) is 28.1 Å². The Morgan fingerprint density at radius 2 is 1.97 bits per heavy atom. The van der Waals surface area contributed by atoms with Crippen LogP contribution in [0.15, 0.2) is 49.1 Å². The fourth-order valence-electron chi connectivity index (χ4n) is 3.80. The van der Waals surface area contributed by atoms with E-state index in [0.29, 0.717) is 11.4 Å². The molecule has 0 atom stereocenters. The number of amides is 1. The molecule has 8 nitrogen and oxygen atoms in total. The van der Waals surface area contributed by atoms with Crippen LogP contribution in [0.5, 0.6) is 0 Å². The van der Waals surface area contributed by atoms with E-state index in [0.717, 1.165) is 41.8 Å². The summed E-state index contributed by atoms with van der Waals surface area (Å²) in [4.78, 5) is 23.5. The molecule has 4 heterocycles. The van der Waals surface area contributed by atoms with Gasteiger partial charge in [-0.05, 0) is 42.2 Å². The quantitative estimate of drug-likeness (QED) is 0.583. The standard InChI is InChI=1S/C21H21N7O/c1-21(2)7-8-27(12-21)20(29)16-9-15-11-25-28(19(15)22-10-16)17-5-3-14(4-6-17)18-23-13-24-26-18/h3-6,9-11,13H,7-8,12H2,1-2H3,(H,23,24,26). The zero-order valence-electron chi connectivity index (χ0n) is 16.3. The maximum Gasteiger partial charge on any atom is 0.255 e. The van der Waals surface area contributed by atoms with Gasteiger partial charge >= 0.3 is 0 Å². The number of rotatable bonds is 3. The third-order valence-electron chi connectivity index (χ3n) is 5.42. The fraction of sp³-hybridized carbons (Fsp3) is 0.286. The third kappa shape index (κ3) is 3.16. The molecule has 0 radical (unpaired) electrons. The number of pyridine rings is 1. The summed E-state index contributed by atoms with van der Waals surface area (Å²) in [6.07, 6.45) is 5.90. The van der Waals surface area contributed by atoms with E-state index in [1.54, 1.807) is 17.1 Å². The van der Waals surface area contributed by atoms with Crippen molar-refractivity contribution in [2.45, 2.75) is 20.3 Å². The van der Waals surface area contributed by atoms with Crippen LogP contribution in [0.2, 0.25) is 0 Å². The molecule has 5 rings (SSSR count). The van der Waals surface area contributed by atoms with Crippen molar-refractivity contribution in [3.8, 4) is 17.1 Å². The lowest BCUT2D eigenvalue weighted by Gasteiger charge is -2.19. The van der Waals surface area contributed by atoms with Crippen molar-refractivity contribution in [3.05, 3.63) is 54.6 Å². The maximum atomic E-state index is 12.8. The monoisotopic (exact) mass is 387 g/mol. The van der Waals surface area contributed by atoms with Gasteiger partial charge in [0.05, 0.1) is 17.4 Å². The molecule has 4 aromatic rings. The molecule has 8 heteroatoms. The van der Waals surface area contributed by atoms with Gasteiger partial charge in [-0.15, -0.1) is 0 Å². The van der Waals surface area contributed by atoms with Gasteiger partial charge in [0.2, 0.25) is 0 Å². The van der Waals surface area contributed by atoms with Crippen molar-refractivity contribution in [1.82, 2.24) is 34.8 Å². The van der Waals surface area contributed by atoms with Crippen molar-refractivity contribution in [3.63, 3.8) is 0 Å². The number of carbonyl (C=O) groups is 1. The summed E-state index contributed by atoms with van der Waals surface area (Å²) in [6, 6.07) is 9.70. The largest absolute Gasteiger partial charge is 0.338 e. The number of aromatic amines is 1. The molecule has 0 saturated carbocycles. The van der Waals surface area contributed by atoms with Gasteiger partial charge in [-0.3, -0.25) is 9.89 Å². The molecular weight excluding hydrogens is 366 g/mol. The molecule has 3 aromatic heterocycles. The summed E-state index contributed by atoms with van der Waals surface area (Å²) in [5.74, 6) is 0.752. The van der Waals surface area contributed by atoms with Crippen molar-refractivity contribution in [2.24, 2.45) is 5.41 Å². The van der Waals surface area contributed by atoms with E-state index >= 15 is 0 Å². The van der Waals surface area contributed by atoms with E-state index in [9.17, 15) is 4.79 Å². The Morgan fingerprint density at radius 3 is 2.66 bits per heavy atom. The maximum absolute atomic E-state index is 12.8. The highest BCUT2D eigenvalue weighted by atomic mass is 16.2. The van der Waals surface area contributed by atoms with Crippen LogP contribution in [0.4, 0.5) is 0 Å². The molecule has 0 bridgehead atoms. The summed E-state index contributed by atoms with van der Waals surface area (Å²) < 4.78 is 1.77. The summed E-state index contributed by atoms with van der Waals surface area (Å²) >= 11 is 0. The first-order valence-corrected chi connectivity index (χ1v) is 9.59. The number of hydrogen-bond acceptors (Lipinski definition) is 5. The van der Waals surface area contributed by atoms with Crippen molar-refractivity contribution < 1.29 is 4.79 Å². The summed E-state index contributed by atoms with van der Waals surface area (Å²) in [7, 11) is 0. The van der Waals surface area contributed by atoms with E-state index in [4.69, 9.17) is 0 Å². The Balaban J connectivity index is 1.43. The molecule has 29 heavy (non-hydrogen) atoms. The zero-order valence-corrected chi connectivity index (χ0v) is 16.3. The van der Waals surface area contributed by atoms with Gasteiger partial charge in [-0.2, -0.15) is 10.2 Å². The smallest absolute Gasteiger partial charge is 0.255 e. The molecule has 0 spiro atoms. The Bertz CT molecular complexity index is 1180. The van der Waals surface area contributed by atoms with Crippen LogP contribution in [-0.4, -0.2) is 53.8 Å². The molecule has 1 fully saturated rings. The van der Waals surface area contributed by atoms with E-state index < -0.39 is 0 Å². The summed E-state index contributed by atoms with van der Waals surface area (Å²) in [5.41, 5.74) is 3.33. The normalized spacial score (nSPS) is 15.9. The fourth-order valence-corrected chi connectivity index (χ4v) is 3.80. The second-order valence-corrected chi connectivity index (χ2v) is 8.22. The van der Waals surface area contributed by atoms with E-state index in [1.807, 2.05) is 35.2 Å². The Labute approximate surface area is 167 Å². The van der Waals surface area contributed by atoms with E-state index in [1.165, 1.54) is 6.33 Å². The third-order valence-corrected chi connectivity index (χ3v) is 5.42. The summed E-state index contributed by atoms with van der Waals surface area (Å²) in [6.45, 7) is 5.96. The number of aromatic nitrogens is 6. The highest BCUT2D eigenvalue weighted by Gasteiger charge is 2.32. The number of fused-ring (bicyclic) bond motifs is 1. The molecule has 1 aliphatic rings. The van der Waals surface area contributed by atoms with Crippen LogP contribution < -0.4 is 0 Å². The average molecular weight is 387 g/mol. The van der Waals surface area contributed by atoms with Gasteiger partial charge < -0.3 is 4.90 Å². The van der Waals surface area contributed by atoms with Gasteiger partial charge in [-0.1, -0.05) is 13.8 Å². The minimum Gasteiger partial charge on any atom is -0.338 e. The second kappa shape index (κ2) is 6.51. The number of nitrogens with zero attached hydrogens (tertiary/aromatic N) is 6. The van der Waals surface area contributed by atoms with E-state index in [2.05, 4.69) is 39.1 Å². The van der Waals surface area contributed by atoms with Gasteiger partial charge in [0.25, 0.3) is 5.91 Å². The highest BCUT2D eigenvalue weighted by molar-refractivity contribution is 5.97. The number of benzene rings is 1. The first-order chi connectivity index (χ1) is 14.0. The first-order valence-electron chi connectivity index (χ1n) is 9.59. The number of H-pyrrole nitrogens is 1. The Morgan fingerprint density at radius 1 is 1.14 bits per heavy atom. The lowest BCUT2D eigenvalue weighted by atomic mass is 9.93. The van der Waals surface area contributed by atoms with Crippen molar-refractivity contribution in [2.75, 3.05) is 13.1 Å². The van der Waals surface area contributed by atoms with Gasteiger partial charge in [-0.25, -0.2) is 14.6 Å². The minimum absolute atomic E-state index is 0.0362. The molecule has 1 saturated heterocycles. The van der Waals surface area contributed by atoms with Gasteiger partial charge in [0.1, 0.15) is 6.33 Å². The SMILES string of the molecule is CC1(C)CCN(C(=O)c2cnc3c(cnn3-c3ccc(-c4ncn[nH]4)cc3)c2)C1. The molecular formula is C21H21N7O. The Hall–Kier alpha value is -3.55.